The summed E-state index contributed by atoms with van der Waals surface area (Å²) < 4.78 is 13.9. The summed E-state index contributed by atoms with van der Waals surface area (Å²) in [6, 6.07) is 11.2. The Morgan fingerprint density at radius 3 is 2.59 bits per heavy atom. The molecule has 12 nitrogen and oxygen atoms in total. The molecule has 0 aliphatic heterocycles. The largest absolute Gasteiger partial charge is 0.462 e. The summed E-state index contributed by atoms with van der Waals surface area (Å²) in [5, 5.41) is 12.3. The van der Waals surface area contributed by atoms with Crippen molar-refractivity contribution in [2.24, 2.45) is 0 Å². The molecule has 13 heteroatoms. The first-order valence-corrected chi connectivity index (χ1v) is 12.8. The molecule has 4 aromatic rings. The Kier molecular flexibility index (Phi) is 8.38. The van der Waals surface area contributed by atoms with Crippen LogP contribution in [0.5, 0.6) is 0 Å². The fourth-order valence-corrected chi connectivity index (χ4v) is 5.15. The van der Waals surface area contributed by atoms with Crippen LogP contribution in [0, 0.1) is 18.3 Å². The standard InChI is InChI=1S/C26H26N6O6S/c1-4-38-25(35)21-16(2)18(12-27)23(39-21)29-19(33)14-32-24(34)20-22(28-15-30(20)10-11-37-3)31(26(32)36)13-17-8-6-5-7-9-17/h5-9,15H,4,10-11,13-14H2,1-3H3,(H,29,33). The number of anilines is 1. The molecule has 0 fully saturated rings. The van der Waals surface area contributed by atoms with Gasteiger partial charge in [-0.2, -0.15) is 5.26 Å². The van der Waals surface area contributed by atoms with E-state index in [0.29, 0.717) is 18.7 Å². The SMILES string of the molecule is CCOC(=O)c1sc(NC(=O)Cn2c(=O)c3c(ncn3CCOC)n(Cc3ccccc3)c2=O)c(C#N)c1C. The van der Waals surface area contributed by atoms with Crippen LogP contribution in [-0.4, -0.2) is 50.9 Å². The van der Waals surface area contributed by atoms with Crippen molar-refractivity contribution in [3.8, 4) is 6.07 Å². The summed E-state index contributed by atoms with van der Waals surface area (Å²) in [6.07, 6.45) is 1.46. The number of hydrogen-bond donors (Lipinski definition) is 1. The number of nitrogens with zero attached hydrogens (tertiary/aromatic N) is 5. The van der Waals surface area contributed by atoms with Gasteiger partial charge in [0.1, 0.15) is 22.5 Å². The van der Waals surface area contributed by atoms with Crippen LogP contribution < -0.4 is 16.6 Å². The Morgan fingerprint density at radius 2 is 1.92 bits per heavy atom. The smallest absolute Gasteiger partial charge is 0.348 e. The minimum atomic E-state index is -0.712. The Morgan fingerprint density at radius 1 is 1.18 bits per heavy atom. The van der Waals surface area contributed by atoms with Gasteiger partial charge in [-0.3, -0.25) is 14.2 Å². The van der Waals surface area contributed by atoms with Crippen molar-refractivity contribution < 1.29 is 19.1 Å². The molecular weight excluding hydrogens is 524 g/mol. The fraction of sp³-hybridized carbons (Fsp3) is 0.308. The van der Waals surface area contributed by atoms with Crippen molar-refractivity contribution >= 4 is 39.4 Å². The molecule has 0 saturated carbocycles. The summed E-state index contributed by atoms with van der Waals surface area (Å²) in [7, 11) is 1.53. The monoisotopic (exact) mass is 550 g/mol. The molecule has 1 N–H and O–H groups in total. The van der Waals surface area contributed by atoms with E-state index in [-0.39, 0.29) is 39.8 Å². The molecule has 3 heterocycles. The molecule has 202 valence electrons. The van der Waals surface area contributed by atoms with Crippen LogP contribution in [0.4, 0.5) is 5.00 Å². The number of hydrogen-bond acceptors (Lipinski definition) is 9. The Labute approximate surface area is 226 Å². The minimum absolute atomic E-state index is 0.110. The number of amides is 1. The molecule has 0 bridgehead atoms. The molecule has 3 aromatic heterocycles. The van der Waals surface area contributed by atoms with E-state index in [9.17, 15) is 24.4 Å². The number of nitriles is 1. The lowest BCUT2D eigenvalue weighted by Crippen LogP contribution is -2.43. The second-order valence-corrected chi connectivity index (χ2v) is 9.51. The van der Waals surface area contributed by atoms with Gasteiger partial charge >= 0.3 is 11.7 Å². The van der Waals surface area contributed by atoms with Crippen LogP contribution in [0.15, 0.2) is 46.2 Å². The zero-order valence-electron chi connectivity index (χ0n) is 21.6. The number of methoxy groups -OCH3 is 1. The minimum Gasteiger partial charge on any atom is -0.462 e. The van der Waals surface area contributed by atoms with E-state index in [2.05, 4.69) is 10.3 Å². The number of esters is 1. The average Bonchev–Trinajstić information content (AvgIpc) is 3.49. The van der Waals surface area contributed by atoms with Crippen molar-refractivity contribution in [1.82, 2.24) is 18.7 Å². The Bertz CT molecular complexity index is 1690. The summed E-state index contributed by atoms with van der Waals surface area (Å²) in [6.45, 7) is 3.53. The predicted molar refractivity (Wildman–Crippen MR) is 144 cm³/mol. The zero-order chi connectivity index (χ0) is 28.1. The molecule has 4 rings (SSSR count). The van der Waals surface area contributed by atoms with Gasteiger partial charge in [0, 0.05) is 13.7 Å². The Hall–Kier alpha value is -4.54. The normalized spacial score (nSPS) is 10.9. The third-order valence-electron chi connectivity index (χ3n) is 5.98. The number of aromatic nitrogens is 4. The molecule has 0 aliphatic carbocycles. The van der Waals surface area contributed by atoms with Crippen molar-refractivity contribution in [2.45, 2.75) is 33.5 Å². The topological polar surface area (TPSA) is 150 Å². The first-order valence-electron chi connectivity index (χ1n) is 12.0. The molecule has 0 radical (unpaired) electrons. The molecule has 0 saturated heterocycles. The van der Waals surface area contributed by atoms with E-state index in [4.69, 9.17) is 9.47 Å². The summed E-state index contributed by atoms with van der Waals surface area (Å²) in [4.78, 5) is 56.9. The van der Waals surface area contributed by atoms with E-state index in [1.807, 2.05) is 36.4 Å². The molecule has 0 unspecified atom stereocenters. The molecule has 1 aromatic carbocycles. The van der Waals surface area contributed by atoms with Crippen LogP contribution in [0.25, 0.3) is 11.2 Å². The molecule has 39 heavy (non-hydrogen) atoms. The number of thiophene rings is 1. The lowest BCUT2D eigenvalue weighted by molar-refractivity contribution is -0.116. The van der Waals surface area contributed by atoms with Crippen LogP contribution in [0.1, 0.15) is 33.3 Å². The maximum atomic E-state index is 13.5. The molecule has 1 amide bonds. The summed E-state index contributed by atoms with van der Waals surface area (Å²) in [5.41, 5.74) is 0.254. The second-order valence-electron chi connectivity index (χ2n) is 8.49. The summed E-state index contributed by atoms with van der Waals surface area (Å²) in [5.74, 6) is -1.32. The number of carbonyl (C=O) groups excluding carboxylic acids is 2. The van der Waals surface area contributed by atoms with Crippen LogP contribution >= 0.6 is 11.3 Å². The first-order chi connectivity index (χ1) is 18.8. The van der Waals surface area contributed by atoms with Crippen molar-refractivity contribution in [3.05, 3.63) is 79.1 Å². The van der Waals surface area contributed by atoms with E-state index >= 15 is 0 Å². The van der Waals surface area contributed by atoms with E-state index in [0.717, 1.165) is 21.5 Å². The first kappa shape index (κ1) is 27.5. The van der Waals surface area contributed by atoms with Crippen LogP contribution in [0.2, 0.25) is 0 Å². The highest BCUT2D eigenvalue weighted by molar-refractivity contribution is 7.18. The Balaban J connectivity index is 1.75. The number of benzene rings is 1. The van der Waals surface area contributed by atoms with Gasteiger partial charge in [0.05, 0.1) is 31.6 Å². The lowest BCUT2D eigenvalue weighted by atomic mass is 10.2. The number of rotatable bonds is 10. The zero-order valence-corrected chi connectivity index (χ0v) is 22.4. The van der Waals surface area contributed by atoms with Gasteiger partial charge in [0.2, 0.25) is 5.91 Å². The fourth-order valence-electron chi connectivity index (χ4n) is 4.08. The van der Waals surface area contributed by atoms with Gasteiger partial charge < -0.3 is 19.4 Å². The number of carbonyl (C=O) groups is 2. The maximum absolute atomic E-state index is 13.5. The summed E-state index contributed by atoms with van der Waals surface area (Å²) >= 11 is 0.899. The molecule has 0 atom stereocenters. The van der Waals surface area contributed by atoms with Crippen molar-refractivity contribution in [2.75, 3.05) is 25.6 Å². The lowest BCUT2D eigenvalue weighted by Gasteiger charge is -2.13. The third-order valence-corrected chi connectivity index (χ3v) is 7.16. The average molecular weight is 551 g/mol. The van der Waals surface area contributed by atoms with Gasteiger partial charge in [-0.1, -0.05) is 30.3 Å². The number of nitrogens with one attached hydrogen (secondary N) is 1. The quantitative estimate of drug-likeness (QED) is 0.295. The van der Waals surface area contributed by atoms with E-state index in [1.165, 1.54) is 18.0 Å². The van der Waals surface area contributed by atoms with Gasteiger partial charge in [0.25, 0.3) is 5.56 Å². The van der Waals surface area contributed by atoms with Crippen LogP contribution in [-0.2, 0) is 33.9 Å². The van der Waals surface area contributed by atoms with Gasteiger partial charge in [0.15, 0.2) is 11.2 Å². The number of imidazole rings is 1. The van der Waals surface area contributed by atoms with E-state index < -0.39 is 29.7 Å². The highest BCUT2D eigenvalue weighted by Gasteiger charge is 2.24. The van der Waals surface area contributed by atoms with Crippen LogP contribution in [0.3, 0.4) is 0 Å². The number of fused-ring (bicyclic) bond motifs is 1. The van der Waals surface area contributed by atoms with Crippen molar-refractivity contribution in [1.29, 1.82) is 5.26 Å². The molecule has 0 spiro atoms. The van der Waals surface area contributed by atoms with E-state index in [1.54, 1.807) is 18.4 Å². The molecule has 0 aliphatic rings. The highest BCUT2D eigenvalue weighted by atomic mass is 32.1. The number of ether oxygens (including phenoxy) is 2. The third kappa shape index (κ3) is 5.52. The second kappa shape index (κ2) is 11.9. The molecular formula is C26H26N6O6S. The highest BCUT2D eigenvalue weighted by Crippen LogP contribution is 2.33. The van der Waals surface area contributed by atoms with Gasteiger partial charge in [-0.15, -0.1) is 11.3 Å². The van der Waals surface area contributed by atoms with Gasteiger partial charge in [-0.05, 0) is 25.0 Å². The van der Waals surface area contributed by atoms with Crippen molar-refractivity contribution in [3.63, 3.8) is 0 Å². The van der Waals surface area contributed by atoms with Gasteiger partial charge in [-0.25, -0.2) is 19.1 Å². The maximum Gasteiger partial charge on any atom is 0.348 e. The predicted octanol–water partition coefficient (Wildman–Crippen LogP) is 2.11.